The Balaban J connectivity index is 1.77. The smallest absolute Gasteiger partial charge is 0.341 e. The van der Waals surface area contributed by atoms with Gasteiger partial charge in [-0.15, -0.1) is 0 Å². The van der Waals surface area contributed by atoms with Crippen molar-refractivity contribution in [3.8, 4) is 17.1 Å². The highest BCUT2D eigenvalue weighted by Gasteiger charge is 2.21. The van der Waals surface area contributed by atoms with E-state index in [-0.39, 0.29) is 0 Å². The molecule has 0 aliphatic heterocycles. The first kappa shape index (κ1) is 20.4. The molecule has 0 unspecified atom stereocenters. The van der Waals surface area contributed by atoms with Gasteiger partial charge >= 0.3 is 5.97 Å². The Bertz CT molecular complexity index is 1500. The van der Waals surface area contributed by atoms with Gasteiger partial charge in [-0.25, -0.2) is 4.79 Å². The third-order valence-corrected chi connectivity index (χ3v) is 5.63. The highest BCUT2D eigenvalue weighted by atomic mass is 16.5. The Morgan fingerprint density at radius 1 is 0.909 bits per heavy atom. The minimum absolute atomic E-state index is 0.349. The predicted molar refractivity (Wildman–Crippen MR) is 124 cm³/mol. The van der Waals surface area contributed by atoms with Crippen molar-refractivity contribution in [2.45, 2.75) is 6.54 Å². The number of carboxylic acid groups (broad SMARTS) is 1. The molecule has 5 rings (SSSR count). The van der Waals surface area contributed by atoms with E-state index in [1.54, 1.807) is 30.5 Å². The lowest BCUT2D eigenvalue weighted by Crippen LogP contribution is -2.11. The lowest BCUT2D eigenvalue weighted by Gasteiger charge is -2.12. The fraction of sp³-hybridized carbons (Fsp3) is 0.0769. The Labute approximate surface area is 188 Å². The van der Waals surface area contributed by atoms with Crippen molar-refractivity contribution in [3.63, 3.8) is 0 Å². The van der Waals surface area contributed by atoms with Crippen LogP contribution in [0.5, 0.6) is 5.75 Å². The summed E-state index contributed by atoms with van der Waals surface area (Å²) < 4.78 is 13.3. The second kappa shape index (κ2) is 8.20. The van der Waals surface area contributed by atoms with Crippen molar-refractivity contribution >= 4 is 33.7 Å². The molecule has 0 saturated heterocycles. The van der Waals surface area contributed by atoms with Crippen LogP contribution in [0.3, 0.4) is 0 Å². The normalized spacial score (nSPS) is 11.2. The number of carboxylic acids is 1. The molecule has 5 aromatic rings. The zero-order chi connectivity index (χ0) is 22.9. The molecule has 0 spiro atoms. The fourth-order valence-electron chi connectivity index (χ4n) is 4.29. The molecule has 0 fully saturated rings. The van der Waals surface area contributed by atoms with E-state index >= 15 is 0 Å². The first-order chi connectivity index (χ1) is 16.0. The summed E-state index contributed by atoms with van der Waals surface area (Å²) in [5.41, 5.74) is 9.62. The van der Waals surface area contributed by atoms with Crippen LogP contribution in [-0.2, 0) is 11.3 Å². The Hall–Kier alpha value is -4.52. The molecular formula is C26H20N2O5. The third-order valence-electron chi connectivity index (χ3n) is 5.63. The zero-order valence-corrected chi connectivity index (χ0v) is 17.5. The molecule has 0 radical (unpaired) electrons. The molecule has 0 aliphatic carbocycles. The summed E-state index contributed by atoms with van der Waals surface area (Å²) in [5, 5.41) is 10.4. The lowest BCUT2D eigenvalue weighted by molar-refractivity contribution is -0.139. The molecular weight excluding hydrogens is 420 g/mol. The maximum atomic E-state index is 12.3. The summed E-state index contributed by atoms with van der Waals surface area (Å²) in [6, 6.07) is 22.5. The molecule has 3 aromatic carbocycles. The number of carbonyl (C=O) groups is 2. The summed E-state index contributed by atoms with van der Waals surface area (Å²) >= 11 is 0. The molecule has 0 bridgehead atoms. The van der Waals surface area contributed by atoms with Crippen LogP contribution in [0.1, 0.15) is 15.9 Å². The summed E-state index contributed by atoms with van der Waals surface area (Å²) in [6.45, 7) is -0.00662. The van der Waals surface area contributed by atoms with Crippen molar-refractivity contribution in [1.82, 2.24) is 4.57 Å². The van der Waals surface area contributed by atoms with Gasteiger partial charge in [-0.05, 0) is 42.0 Å². The number of ether oxygens (including phenoxy) is 1. The van der Waals surface area contributed by atoms with Gasteiger partial charge in [-0.1, -0.05) is 36.4 Å². The average molecular weight is 440 g/mol. The number of nitrogens with two attached hydrogens (primary N) is 1. The second-order valence-corrected chi connectivity index (χ2v) is 7.62. The summed E-state index contributed by atoms with van der Waals surface area (Å²) in [4.78, 5) is 23.4. The Morgan fingerprint density at radius 2 is 1.67 bits per heavy atom. The number of rotatable bonds is 7. The summed E-state index contributed by atoms with van der Waals surface area (Å²) in [5.74, 6) is -0.511. The van der Waals surface area contributed by atoms with Crippen LogP contribution in [0.4, 0.5) is 0 Å². The topological polar surface area (TPSA) is 108 Å². The van der Waals surface area contributed by atoms with Gasteiger partial charge in [0.15, 0.2) is 6.61 Å². The maximum Gasteiger partial charge on any atom is 0.341 e. The zero-order valence-electron chi connectivity index (χ0n) is 17.5. The van der Waals surface area contributed by atoms with Crippen LogP contribution >= 0.6 is 0 Å². The van der Waals surface area contributed by atoms with E-state index in [9.17, 15) is 9.59 Å². The standard InChI is InChI=1S/C26H20N2O5/c27-26(31)18-8-3-9-19-24(18)25-20(10-4-11-22(25)33-15-23(29)30)28(19)14-16-6-1-2-7-17(16)21-12-5-13-32-21/h1-13H,14-15H2,(H2,27,31)(H,29,30). The highest BCUT2D eigenvalue weighted by molar-refractivity contribution is 6.19. The molecule has 3 N–H and O–H groups in total. The number of hydrogen-bond acceptors (Lipinski definition) is 4. The van der Waals surface area contributed by atoms with Crippen LogP contribution in [0.15, 0.2) is 83.5 Å². The van der Waals surface area contributed by atoms with Crippen molar-refractivity contribution in [1.29, 1.82) is 0 Å². The molecule has 0 aliphatic rings. The van der Waals surface area contributed by atoms with Gasteiger partial charge in [0.2, 0.25) is 5.91 Å². The molecule has 164 valence electrons. The summed E-state index contributed by atoms with van der Waals surface area (Å²) in [7, 11) is 0. The number of carbonyl (C=O) groups excluding carboxylic acids is 1. The van der Waals surface area contributed by atoms with Crippen molar-refractivity contribution < 1.29 is 23.8 Å². The van der Waals surface area contributed by atoms with E-state index in [1.165, 1.54) is 0 Å². The van der Waals surface area contributed by atoms with Crippen molar-refractivity contribution in [3.05, 3.63) is 90.2 Å². The van der Waals surface area contributed by atoms with Gasteiger partial charge in [0.25, 0.3) is 0 Å². The number of nitrogens with zero attached hydrogens (tertiary/aromatic N) is 1. The highest BCUT2D eigenvalue weighted by Crippen LogP contribution is 2.38. The summed E-state index contributed by atoms with van der Waals surface area (Å²) in [6.07, 6.45) is 1.64. The van der Waals surface area contributed by atoms with Crippen LogP contribution in [0.25, 0.3) is 33.1 Å². The number of aliphatic carboxylic acids is 1. The number of aromatic nitrogens is 1. The van der Waals surface area contributed by atoms with Crippen LogP contribution in [-0.4, -0.2) is 28.2 Å². The number of hydrogen-bond donors (Lipinski definition) is 2. The Kier molecular flexibility index (Phi) is 5.06. The molecule has 0 saturated carbocycles. The first-order valence-corrected chi connectivity index (χ1v) is 10.3. The number of benzene rings is 3. The van der Waals surface area contributed by atoms with E-state index in [4.69, 9.17) is 20.0 Å². The lowest BCUT2D eigenvalue weighted by atomic mass is 10.0. The van der Waals surface area contributed by atoms with Gasteiger partial charge in [0.1, 0.15) is 11.5 Å². The van der Waals surface area contributed by atoms with E-state index in [2.05, 4.69) is 4.57 Å². The SMILES string of the molecule is NC(=O)c1cccc2c1c1c(OCC(=O)O)cccc1n2Cc1ccccc1-c1ccco1. The van der Waals surface area contributed by atoms with Crippen molar-refractivity contribution in [2.75, 3.05) is 6.61 Å². The molecule has 33 heavy (non-hydrogen) atoms. The second-order valence-electron chi connectivity index (χ2n) is 7.62. The molecule has 2 aromatic heterocycles. The molecule has 2 heterocycles. The quantitative estimate of drug-likeness (QED) is 0.383. The van der Waals surface area contributed by atoms with Gasteiger partial charge in [0, 0.05) is 23.1 Å². The van der Waals surface area contributed by atoms with E-state index < -0.39 is 18.5 Å². The van der Waals surface area contributed by atoms with Gasteiger partial charge in [-0.2, -0.15) is 0 Å². The number of furan rings is 1. The van der Waals surface area contributed by atoms with Gasteiger partial charge in [0.05, 0.1) is 22.7 Å². The third kappa shape index (κ3) is 3.59. The van der Waals surface area contributed by atoms with Crippen LogP contribution in [0, 0.1) is 0 Å². The number of fused-ring (bicyclic) bond motifs is 3. The van der Waals surface area contributed by atoms with Crippen LogP contribution in [0.2, 0.25) is 0 Å². The predicted octanol–water partition coefficient (Wildman–Crippen LogP) is 4.67. The van der Waals surface area contributed by atoms with Crippen LogP contribution < -0.4 is 10.5 Å². The van der Waals surface area contributed by atoms with E-state index in [0.29, 0.717) is 28.6 Å². The minimum atomic E-state index is -1.08. The van der Waals surface area contributed by atoms with E-state index in [0.717, 1.165) is 27.9 Å². The number of primary amides is 1. The molecule has 1 amide bonds. The molecule has 7 nitrogen and oxygen atoms in total. The first-order valence-electron chi connectivity index (χ1n) is 10.3. The fourth-order valence-corrected chi connectivity index (χ4v) is 4.29. The van der Waals surface area contributed by atoms with Crippen molar-refractivity contribution in [2.24, 2.45) is 5.73 Å². The number of amides is 1. The monoisotopic (exact) mass is 440 g/mol. The van der Waals surface area contributed by atoms with Gasteiger partial charge < -0.3 is 24.6 Å². The molecule has 7 heteroatoms. The minimum Gasteiger partial charge on any atom is -0.481 e. The average Bonchev–Trinajstić information content (AvgIpc) is 3.45. The molecule has 0 atom stereocenters. The Morgan fingerprint density at radius 3 is 2.39 bits per heavy atom. The van der Waals surface area contributed by atoms with E-state index in [1.807, 2.05) is 48.5 Å². The largest absolute Gasteiger partial charge is 0.481 e. The van der Waals surface area contributed by atoms with Gasteiger partial charge in [-0.3, -0.25) is 4.79 Å². The maximum absolute atomic E-state index is 12.3.